The highest BCUT2D eigenvalue weighted by atomic mass is 19.1. The number of piperazine rings is 1. The Morgan fingerprint density at radius 2 is 1.79 bits per heavy atom. The summed E-state index contributed by atoms with van der Waals surface area (Å²) in [6, 6.07) is 13.4. The highest BCUT2D eigenvalue weighted by Gasteiger charge is 2.37. The lowest BCUT2D eigenvalue weighted by Crippen LogP contribution is -2.67. The molecule has 2 aliphatic heterocycles. The van der Waals surface area contributed by atoms with Gasteiger partial charge in [-0.25, -0.2) is 14.2 Å². The van der Waals surface area contributed by atoms with Gasteiger partial charge in [0.15, 0.2) is 0 Å². The first kappa shape index (κ1) is 32.3. The van der Waals surface area contributed by atoms with Crippen LogP contribution in [0.25, 0.3) is 0 Å². The van der Waals surface area contributed by atoms with Crippen LogP contribution in [0.5, 0.6) is 5.75 Å². The second-order valence-corrected chi connectivity index (χ2v) is 11.3. The number of ether oxygens (including phenoxy) is 1. The van der Waals surface area contributed by atoms with Gasteiger partial charge in [0.1, 0.15) is 17.4 Å². The van der Waals surface area contributed by atoms with Gasteiger partial charge in [0.25, 0.3) is 0 Å². The number of carbonyl (C=O) groups excluding carboxylic acids is 1. The molecule has 5 N–H and O–H groups in total. The van der Waals surface area contributed by atoms with Crippen molar-refractivity contribution in [2.75, 3.05) is 47.9 Å². The Morgan fingerprint density at radius 1 is 1.12 bits per heavy atom. The minimum absolute atomic E-state index is 0.0254. The summed E-state index contributed by atoms with van der Waals surface area (Å²) >= 11 is 0. The first-order valence-corrected chi connectivity index (χ1v) is 14.3. The van der Waals surface area contributed by atoms with Gasteiger partial charge in [-0.2, -0.15) is 0 Å². The summed E-state index contributed by atoms with van der Waals surface area (Å²) in [7, 11) is 1.54. The van der Waals surface area contributed by atoms with Crippen LogP contribution in [0.4, 0.5) is 32.1 Å². The molecule has 0 aliphatic carbocycles. The number of pyridine rings is 1. The standard InChI is InChI=1S/C15H14FN3O2.C15H24N4.C2H6/c1-18-9-10-7-11(8-13(16)14(10)17)19-15(20)21-12-5-3-2-4-6-12;1-14(2)9-19(10-15(3,4)18-14)12-6-8-17-13-11(12)5-7-16-13;1-2/h2-9H,17H2,1H3,(H,19,20);6,8,18H,5,7,9-10H2,1-4H3,(H,16,17);1-2H3. The van der Waals surface area contributed by atoms with Crippen LogP contribution >= 0.6 is 0 Å². The maximum Gasteiger partial charge on any atom is 0.417 e. The second kappa shape index (κ2) is 14.1. The molecule has 0 unspecified atom stereocenters. The highest BCUT2D eigenvalue weighted by molar-refractivity contribution is 5.92. The van der Waals surface area contributed by atoms with Gasteiger partial charge in [0, 0.05) is 72.7 Å². The molecule has 2 aromatic carbocycles. The average Bonchev–Trinajstić information content (AvgIpc) is 3.41. The molecule has 9 nitrogen and oxygen atoms in total. The molecule has 0 spiro atoms. The molecular formula is C32H44FN7O2. The minimum Gasteiger partial charge on any atom is -0.410 e. The number of carbonyl (C=O) groups is 1. The summed E-state index contributed by atoms with van der Waals surface area (Å²) in [6.45, 7) is 16.2. The first-order valence-electron chi connectivity index (χ1n) is 14.3. The van der Waals surface area contributed by atoms with Crippen LogP contribution < -0.4 is 31.3 Å². The van der Waals surface area contributed by atoms with Crippen molar-refractivity contribution < 1.29 is 13.9 Å². The fourth-order valence-electron chi connectivity index (χ4n) is 5.35. The number of anilines is 4. The van der Waals surface area contributed by atoms with E-state index in [9.17, 15) is 9.18 Å². The van der Waals surface area contributed by atoms with Crippen molar-refractivity contribution >= 4 is 35.2 Å². The first-order chi connectivity index (χ1) is 20.0. The summed E-state index contributed by atoms with van der Waals surface area (Å²) in [5.41, 5.74) is 9.17. The Balaban J connectivity index is 0.000000218. The zero-order valence-corrected chi connectivity index (χ0v) is 25.7. The molecule has 226 valence electrons. The highest BCUT2D eigenvalue weighted by Crippen LogP contribution is 2.33. The molecule has 3 aromatic rings. The van der Waals surface area contributed by atoms with Gasteiger partial charge in [-0.3, -0.25) is 10.3 Å². The van der Waals surface area contributed by atoms with Gasteiger partial charge in [-0.15, -0.1) is 0 Å². The molecule has 1 saturated heterocycles. The van der Waals surface area contributed by atoms with Crippen LogP contribution in [0.1, 0.15) is 52.7 Å². The van der Waals surface area contributed by atoms with Crippen LogP contribution in [-0.2, 0) is 6.42 Å². The zero-order valence-electron chi connectivity index (χ0n) is 25.7. The van der Waals surface area contributed by atoms with Crippen molar-refractivity contribution in [3.63, 3.8) is 0 Å². The van der Waals surface area contributed by atoms with Crippen molar-refractivity contribution in [3.05, 3.63) is 71.7 Å². The Kier molecular flexibility index (Phi) is 10.9. The summed E-state index contributed by atoms with van der Waals surface area (Å²) in [5.74, 6) is 0.829. The molecule has 1 fully saturated rings. The number of halogens is 1. The van der Waals surface area contributed by atoms with Crippen LogP contribution in [0.15, 0.2) is 59.7 Å². The van der Waals surface area contributed by atoms with E-state index in [1.807, 2.05) is 20.0 Å². The van der Waals surface area contributed by atoms with Crippen LogP contribution in [0.3, 0.4) is 0 Å². The SMILES string of the molecule is CC.CC1(C)CN(c2ccnc3c2CCN3)CC(C)(C)N1.CN=Cc1cc(NC(=O)Oc2ccccc2)cc(F)c1N. The number of hydrogen-bond donors (Lipinski definition) is 4. The quantitative estimate of drug-likeness (QED) is 0.218. The number of nitrogens with zero attached hydrogens (tertiary/aromatic N) is 3. The zero-order chi connectivity index (χ0) is 30.9. The van der Waals surface area contributed by atoms with E-state index in [2.05, 4.69) is 64.6 Å². The molecule has 10 heteroatoms. The fraction of sp³-hybridized carbons (Fsp3) is 0.406. The van der Waals surface area contributed by atoms with Gasteiger partial charge < -0.3 is 26.0 Å². The van der Waals surface area contributed by atoms with Gasteiger partial charge >= 0.3 is 6.09 Å². The molecule has 1 aromatic heterocycles. The van der Waals surface area contributed by atoms with Gasteiger partial charge in [0.05, 0.1) is 5.69 Å². The Bertz CT molecular complexity index is 1360. The Labute approximate surface area is 248 Å². The summed E-state index contributed by atoms with van der Waals surface area (Å²) in [5, 5.41) is 9.53. The normalized spacial score (nSPS) is 16.2. The summed E-state index contributed by atoms with van der Waals surface area (Å²) in [6.07, 6.45) is 3.70. The lowest BCUT2D eigenvalue weighted by Gasteiger charge is -2.49. The van der Waals surface area contributed by atoms with Gasteiger partial charge in [0.2, 0.25) is 0 Å². The molecule has 0 radical (unpaired) electrons. The Morgan fingerprint density at radius 3 is 2.43 bits per heavy atom. The molecule has 5 rings (SSSR count). The number of hydrogen-bond acceptors (Lipinski definition) is 8. The van der Waals surface area contributed by atoms with Crippen molar-refractivity contribution in [1.82, 2.24) is 10.3 Å². The molecule has 0 bridgehead atoms. The van der Waals surface area contributed by atoms with E-state index >= 15 is 0 Å². The monoisotopic (exact) mass is 577 g/mol. The number of nitrogen functional groups attached to an aromatic ring is 1. The molecule has 3 heterocycles. The topological polar surface area (TPSA) is 117 Å². The largest absolute Gasteiger partial charge is 0.417 e. The van der Waals surface area contributed by atoms with E-state index in [0.29, 0.717) is 11.3 Å². The number of nitrogens with one attached hydrogen (secondary N) is 3. The second-order valence-electron chi connectivity index (χ2n) is 11.3. The van der Waals surface area contributed by atoms with Crippen molar-refractivity contribution in [1.29, 1.82) is 0 Å². The average molecular weight is 578 g/mol. The number of amides is 1. The maximum absolute atomic E-state index is 13.7. The number of nitrogens with two attached hydrogens (primary N) is 1. The third-order valence-electron chi connectivity index (χ3n) is 6.52. The number of benzene rings is 2. The van der Waals surface area contributed by atoms with E-state index < -0.39 is 11.9 Å². The smallest absolute Gasteiger partial charge is 0.410 e. The van der Waals surface area contributed by atoms with Gasteiger partial charge in [-0.1, -0.05) is 32.0 Å². The predicted molar refractivity (Wildman–Crippen MR) is 172 cm³/mol. The number of fused-ring (bicyclic) bond motifs is 1. The number of aromatic nitrogens is 1. The molecule has 42 heavy (non-hydrogen) atoms. The lowest BCUT2D eigenvalue weighted by atomic mass is 9.90. The summed E-state index contributed by atoms with van der Waals surface area (Å²) < 4.78 is 18.7. The maximum atomic E-state index is 13.7. The molecular weight excluding hydrogens is 533 g/mol. The van der Waals surface area contributed by atoms with Crippen LogP contribution in [-0.4, -0.2) is 55.1 Å². The Hall–Kier alpha value is -4.18. The van der Waals surface area contributed by atoms with Crippen molar-refractivity contribution in [2.45, 2.75) is 59.0 Å². The van der Waals surface area contributed by atoms with E-state index in [1.54, 1.807) is 37.4 Å². The number of aliphatic imine (C=N–C) groups is 1. The van der Waals surface area contributed by atoms with Gasteiger partial charge in [-0.05, 0) is 64.4 Å². The third-order valence-corrected chi connectivity index (χ3v) is 6.52. The van der Waals surface area contributed by atoms with E-state index in [4.69, 9.17) is 10.5 Å². The molecule has 2 aliphatic rings. The van der Waals surface area contributed by atoms with E-state index in [0.717, 1.165) is 37.9 Å². The minimum atomic E-state index is -0.718. The molecule has 1 amide bonds. The predicted octanol–water partition coefficient (Wildman–Crippen LogP) is 6.11. The van der Waals surface area contributed by atoms with Crippen molar-refractivity contribution in [2.24, 2.45) is 4.99 Å². The number of rotatable bonds is 4. The number of para-hydroxylation sites is 1. The van der Waals surface area contributed by atoms with E-state index in [-0.39, 0.29) is 22.5 Å². The summed E-state index contributed by atoms with van der Waals surface area (Å²) in [4.78, 5) is 22.5. The molecule has 0 atom stereocenters. The molecule has 0 saturated carbocycles. The van der Waals surface area contributed by atoms with E-state index in [1.165, 1.54) is 23.5 Å². The van der Waals surface area contributed by atoms with Crippen molar-refractivity contribution in [3.8, 4) is 5.75 Å². The van der Waals surface area contributed by atoms with Crippen LogP contribution in [0.2, 0.25) is 0 Å². The fourth-order valence-corrected chi connectivity index (χ4v) is 5.35. The lowest BCUT2D eigenvalue weighted by molar-refractivity contribution is 0.215. The van der Waals surface area contributed by atoms with Crippen LogP contribution in [0, 0.1) is 5.82 Å². The third kappa shape index (κ3) is 8.66.